The molecule has 1 aromatic carbocycles. The number of methoxy groups -OCH3 is 2. The van der Waals surface area contributed by atoms with Gasteiger partial charge in [0.15, 0.2) is 5.72 Å². The SMILES string of the molecule is COc1cc2cc(c1Cl)N(C)C(=O)C[C@H](OC(=O)[C@H](C)N(C)C(=O)CCCCCSCNC(=O)[C@H](C)NC(=O)[C@@H](C)NC(=O)[C@H](C)NC(=O)CCCS)[C@]1(C)O[C@H]1[C@H](C)[C@@H]1C[C@@](O)(NC(=O)O1)[C@H](OC)/C=C\C=C(\C)C2. The number of hydrogen-bond donors (Lipinski definition) is 7. The molecule has 21 nitrogen and oxygen atoms in total. The molecule has 0 radical (unpaired) electrons. The van der Waals surface area contributed by atoms with Crippen molar-refractivity contribution in [2.75, 3.05) is 50.6 Å². The van der Waals surface area contributed by atoms with Crippen molar-refractivity contribution >= 4 is 89.2 Å². The van der Waals surface area contributed by atoms with Gasteiger partial charge in [-0.05, 0) is 96.4 Å². The first-order valence-electron chi connectivity index (χ1n) is 25.5. The number of carbonyl (C=O) groups excluding carboxylic acids is 8. The van der Waals surface area contributed by atoms with Gasteiger partial charge in [-0.15, -0.1) is 11.8 Å². The van der Waals surface area contributed by atoms with E-state index in [1.54, 1.807) is 45.2 Å². The van der Waals surface area contributed by atoms with Crippen LogP contribution in [-0.2, 0) is 58.9 Å². The Morgan fingerprint density at radius 2 is 1.64 bits per heavy atom. The van der Waals surface area contributed by atoms with Crippen LogP contribution in [0.5, 0.6) is 5.75 Å². The van der Waals surface area contributed by atoms with Gasteiger partial charge in [-0.25, -0.2) is 9.59 Å². The van der Waals surface area contributed by atoms with Crippen molar-refractivity contribution in [1.82, 2.24) is 31.5 Å². The smallest absolute Gasteiger partial charge is 0.409 e. The Hall–Kier alpha value is -5.07. The summed E-state index contributed by atoms with van der Waals surface area (Å²) < 4.78 is 29.4. The van der Waals surface area contributed by atoms with Crippen LogP contribution in [0.4, 0.5) is 10.5 Å². The maximum Gasteiger partial charge on any atom is 0.409 e. The van der Waals surface area contributed by atoms with Gasteiger partial charge in [0.2, 0.25) is 35.4 Å². The van der Waals surface area contributed by atoms with Crippen LogP contribution >= 0.6 is 36.0 Å². The topological polar surface area (TPSA) is 273 Å². The van der Waals surface area contributed by atoms with E-state index < -0.39 is 102 Å². The molecule has 0 saturated carbocycles. The minimum Gasteiger partial charge on any atom is -0.495 e. The number of nitrogens with zero attached hydrogens (tertiary/aromatic N) is 2. The maximum atomic E-state index is 14.3. The molecule has 4 bridgehead atoms. The summed E-state index contributed by atoms with van der Waals surface area (Å²) in [6.45, 7) is 11.4. The lowest BCUT2D eigenvalue weighted by Crippen LogP contribution is -2.63. The predicted molar refractivity (Wildman–Crippen MR) is 291 cm³/mol. The number of amides is 7. The first-order valence-corrected chi connectivity index (χ1v) is 27.7. The predicted octanol–water partition coefficient (Wildman–Crippen LogP) is 4.11. The Kier molecular flexibility index (Phi) is 24.3. The highest BCUT2D eigenvalue weighted by Gasteiger charge is 2.64. The summed E-state index contributed by atoms with van der Waals surface area (Å²) in [4.78, 5) is 107. The number of rotatable bonds is 22. The third-order valence-corrected chi connectivity index (χ3v) is 15.5. The molecule has 24 heteroatoms. The summed E-state index contributed by atoms with van der Waals surface area (Å²) >= 11 is 12.3. The second-order valence-corrected chi connectivity index (χ2v) is 21.8. The fourth-order valence-electron chi connectivity index (χ4n) is 8.83. The number of thiol groups is 1. The highest BCUT2D eigenvalue weighted by atomic mass is 35.5. The second kappa shape index (κ2) is 29.1. The molecule has 0 unspecified atom stereocenters. The van der Waals surface area contributed by atoms with Crippen LogP contribution in [0.1, 0.15) is 105 Å². The summed E-state index contributed by atoms with van der Waals surface area (Å²) in [5.74, 6) is -2.12. The molecular formula is C52H78ClN7O14S2. The van der Waals surface area contributed by atoms with E-state index in [-0.39, 0.29) is 48.4 Å². The molecule has 3 heterocycles. The minimum absolute atomic E-state index is 0.0890. The van der Waals surface area contributed by atoms with Crippen molar-refractivity contribution in [2.45, 2.75) is 166 Å². The maximum absolute atomic E-state index is 14.3. The fourth-order valence-corrected chi connectivity index (χ4v) is 10.1. The first kappa shape index (κ1) is 63.5. The number of fused-ring (bicyclic) bond motifs is 5. The molecule has 76 heavy (non-hydrogen) atoms. The van der Waals surface area contributed by atoms with Crippen molar-refractivity contribution in [2.24, 2.45) is 5.92 Å². The summed E-state index contributed by atoms with van der Waals surface area (Å²) in [6.07, 6.45) is 3.40. The van der Waals surface area contributed by atoms with Crippen LogP contribution < -0.4 is 36.2 Å². The zero-order chi connectivity index (χ0) is 56.7. The normalized spacial score (nSPS) is 26.3. The number of benzene rings is 1. The fraction of sp³-hybridized carbons (Fsp3) is 0.654. The Balaban J connectivity index is 1.33. The Morgan fingerprint density at radius 1 is 0.987 bits per heavy atom. The third-order valence-electron chi connectivity index (χ3n) is 13.9. The number of alkyl carbamates (subject to hydrolysis) is 1. The van der Waals surface area contributed by atoms with E-state index in [4.69, 9.17) is 35.3 Å². The number of nitrogens with one attached hydrogen (secondary N) is 5. The molecule has 0 spiro atoms. The number of unbranched alkanes of at least 4 members (excludes halogenated alkanes) is 2. The largest absolute Gasteiger partial charge is 0.495 e. The van der Waals surface area contributed by atoms with E-state index >= 15 is 0 Å². The van der Waals surface area contributed by atoms with Gasteiger partial charge < -0.3 is 59.9 Å². The van der Waals surface area contributed by atoms with E-state index in [1.165, 1.54) is 70.5 Å². The molecule has 3 aliphatic rings. The number of carbonyl (C=O) groups is 8. The number of anilines is 1. The van der Waals surface area contributed by atoms with E-state index in [2.05, 4.69) is 39.2 Å². The lowest BCUT2D eigenvalue weighted by molar-refractivity contribution is -0.162. The van der Waals surface area contributed by atoms with Gasteiger partial charge in [0.25, 0.3) is 0 Å². The van der Waals surface area contributed by atoms with Gasteiger partial charge in [-0.1, -0.05) is 48.7 Å². The number of likely N-dealkylation sites (N-methyl/N-ethyl adjacent to an activating group) is 1. The standard InChI is InChI=1S/C52H78ClN7O14S2/c1-29-17-15-18-39(71-11)52(69)27-38(72-50(68)58-52)30(2)45-51(7,74-45)40(26-43(63)60(9)36-24-35(23-29)25-37(70-10)44(36)53)73-49(67)34(6)59(8)42(62)20-13-12-14-22-76-28-54-46(64)31(3)56-48(66)33(5)57-47(65)32(4)55-41(61)19-16-21-75/h15,17-18,24-25,30-34,38-40,45,69,75H,12-14,16,19-23,26-28H2,1-11H3,(H,54,64)(H,55,61)(H,56,66)(H,57,65)(H,58,68)/b18-15-,29-17-/t30-,31+,32+,33-,34+,38+,39-,40+,45+,51+,52+/m1/s1. The van der Waals surface area contributed by atoms with Crippen LogP contribution in [0.3, 0.4) is 0 Å². The second-order valence-electron chi connectivity index (χ2n) is 19.9. The Labute approximate surface area is 460 Å². The molecule has 1 aromatic rings. The molecule has 0 aromatic heterocycles. The number of thioether (sulfide) groups is 1. The van der Waals surface area contributed by atoms with E-state index in [1.807, 2.05) is 13.0 Å². The molecule has 4 rings (SSSR count). The number of epoxide rings is 1. The molecule has 6 N–H and O–H groups in total. The van der Waals surface area contributed by atoms with E-state index in [0.717, 1.165) is 17.6 Å². The van der Waals surface area contributed by atoms with Crippen LogP contribution in [-0.4, -0.2) is 163 Å². The zero-order valence-electron chi connectivity index (χ0n) is 45.5. The van der Waals surface area contributed by atoms with Gasteiger partial charge in [0.05, 0.1) is 31.2 Å². The first-order chi connectivity index (χ1) is 35.8. The van der Waals surface area contributed by atoms with Gasteiger partial charge in [-0.3, -0.25) is 34.1 Å². The van der Waals surface area contributed by atoms with Gasteiger partial charge in [0, 0.05) is 46.4 Å². The van der Waals surface area contributed by atoms with Crippen LogP contribution in [0, 0.1) is 5.92 Å². The highest BCUT2D eigenvalue weighted by Crippen LogP contribution is 2.49. The molecule has 7 amide bonds. The molecular weight excluding hydrogens is 1050 g/mol. The van der Waals surface area contributed by atoms with Crippen LogP contribution in [0.2, 0.25) is 5.02 Å². The van der Waals surface area contributed by atoms with Crippen molar-refractivity contribution in [3.8, 4) is 5.75 Å². The minimum atomic E-state index is -1.87. The summed E-state index contributed by atoms with van der Waals surface area (Å²) in [5.41, 5.74) is -1.11. The molecule has 0 aliphatic carbocycles. The van der Waals surface area contributed by atoms with Crippen LogP contribution in [0.15, 0.2) is 35.9 Å². The summed E-state index contributed by atoms with van der Waals surface area (Å²) in [5, 5.41) is 25.0. The number of aliphatic hydroxyl groups is 1. The summed E-state index contributed by atoms with van der Waals surface area (Å²) in [7, 11) is 5.95. The lowest BCUT2D eigenvalue weighted by atomic mass is 9.83. The van der Waals surface area contributed by atoms with Gasteiger partial charge in [-0.2, -0.15) is 12.6 Å². The quantitative estimate of drug-likeness (QED) is 0.0283. The number of ether oxygens (including phenoxy) is 5. The monoisotopic (exact) mass is 1120 g/mol. The van der Waals surface area contributed by atoms with Gasteiger partial charge in [0.1, 0.15) is 58.9 Å². The van der Waals surface area contributed by atoms with Crippen molar-refractivity contribution < 1.29 is 67.1 Å². The molecule has 3 aliphatic heterocycles. The average molecular weight is 1120 g/mol. The highest BCUT2D eigenvalue weighted by molar-refractivity contribution is 7.99. The number of halogens is 1. The molecule has 424 valence electrons. The van der Waals surface area contributed by atoms with Crippen LogP contribution in [0.25, 0.3) is 0 Å². The molecule has 2 fully saturated rings. The van der Waals surface area contributed by atoms with E-state index in [9.17, 15) is 43.5 Å². The zero-order valence-corrected chi connectivity index (χ0v) is 47.9. The lowest BCUT2D eigenvalue weighted by Gasteiger charge is -2.42. The Morgan fingerprint density at radius 3 is 2.29 bits per heavy atom. The van der Waals surface area contributed by atoms with Gasteiger partial charge >= 0.3 is 12.1 Å². The average Bonchev–Trinajstić information content (AvgIpc) is 4.07. The molecule has 2 saturated heterocycles. The van der Waals surface area contributed by atoms with Crippen molar-refractivity contribution in [3.63, 3.8) is 0 Å². The third kappa shape index (κ3) is 17.5. The number of esters is 1. The Bertz CT molecular complexity index is 2330. The van der Waals surface area contributed by atoms with E-state index in [0.29, 0.717) is 48.6 Å². The summed E-state index contributed by atoms with van der Waals surface area (Å²) in [6, 6.07) is -0.209. The van der Waals surface area contributed by atoms with Crippen molar-refractivity contribution in [1.29, 1.82) is 0 Å². The molecule has 11 atom stereocenters. The number of hydrogen-bond acceptors (Lipinski definition) is 16. The number of allylic oxidation sites excluding steroid dienone is 3. The van der Waals surface area contributed by atoms with Crippen molar-refractivity contribution in [3.05, 3.63) is 46.5 Å².